The van der Waals surface area contributed by atoms with Gasteiger partial charge in [0.25, 0.3) is 11.8 Å². The van der Waals surface area contributed by atoms with Gasteiger partial charge >= 0.3 is 0 Å². The van der Waals surface area contributed by atoms with E-state index in [0.717, 1.165) is 11.1 Å². The number of benzene rings is 2. The highest BCUT2D eigenvalue weighted by Gasteiger charge is 2.35. The minimum Gasteiger partial charge on any atom is -0.504 e. The van der Waals surface area contributed by atoms with E-state index in [4.69, 9.17) is 17.0 Å². The van der Waals surface area contributed by atoms with Gasteiger partial charge in [-0.15, -0.1) is 0 Å². The molecule has 0 radical (unpaired) electrons. The van der Waals surface area contributed by atoms with Crippen molar-refractivity contribution in [3.8, 4) is 11.5 Å². The predicted molar refractivity (Wildman–Crippen MR) is 119 cm³/mol. The summed E-state index contributed by atoms with van der Waals surface area (Å²) in [6.07, 6.45) is 1.46. The lowest BCUT2D eigenvalue weighted by Gasteiger charge is -2.30. The van der Waals surface area contributed by atoms with Crippen molar-refractivity contribution in [3.63, 3.8) is 0 Å². The Morgan fingerprint density at radius 2 is 1.96 bits per heavy atom. The number of phenolic OH excluding ortho intramolecular Hbond substituents is 1. The van der Waals surface area contributed by atoms with Gasteiger partial charge in [-0.3, -0.25) is 19.8 Å². The molecule has 0 aromatic heterocycles. The first-order valence-corrected chi connectivity index (χ1v) is 9.77. The lowest BCUT2D eigenvalue weighted by atomic mass is 10.0. The van der Waals surface area contributed by atoms with Gasteiger partial charge in [-0.1, -0.05) is 12.1 Å². The normalized spacial score (nSPS) is 15.8. The van der Waals surface area contributed by atoms with Gasteiger partial charge in [0.1, 0.15) is 5.57 Å². The number of carbonyl (C=O) groups excluding carboxylic acids is 2. The molecule has 0 unspecified atom stereocenters. The third-order valence-electron chi connectivity index (χ3n) is 4.50. The Morgan fingerprint density at radius 3 is 2.64 bits per heavy atom. The molecule has 1 aliphatic heterocycles. The predicted octanol–water partition coefficient (Wildman–Crippen LogP) is 3.45. The average molecular weight is 508 g/mol. The Bertz CT molecular complexity index is 1050. The van der Waals surface area contributed by atoms with E-state index in [1.54, 1.807) is 18.2 Å². The maximum atomic E-state index is 13.1. The zero-order valence-corrected chi connectivity index (χ0v) is 18.3. The molecule has 144 valence electrons. The fourth-order valence-electron chi connectivity index (χ4n) is 2.85. The highest BCUT2D eigenvalue weighted by molar-refractivity contribution is 14.1. The van der Waals surface area contributed by atoms with E-state index in [0.29, 0.717) is 14.8 Å². The van der Waals surface area contributed by atoms with Crippen LogP contribution in [0.4, 0.5) is 5.69 Å². The van der Waals surface area contributed by atoms with Crippen molar-refractivity contribution in [2.24, 2.45) is 0 Å². The van der Waals surface area contributed by atoms with Crippen LogP contribution in [-0.4, -0.2) is 29.1 Å². The number of hydrogen-bond donors (Lipinski definition) is 2. The number of amides is 2. The monoisotopic (exact) mass is 508 g/mol. The smallest absolute Gasteiger partial charge is 0.270 e. The molecule has 8 heteroatoms. The van der Waals surface area contributed by atoms with Crippen LogP contribution < -0.4 is 15.0 Å². The molecule has 0 spiro atoms. The fourth-order valence-corrected chi connectivity index (χ4v) is 3.75. The molecule has 1 fully saturated rings. The molecule has 1 heterocycles. The first-order valence-electron chi connectivity index (χ1n) is 8.28. The molecule has 0 bridgehead atoms. The van der Waals surface area contributed by atoms with Gasteiger partial charge in [0.05, 0.1) is 16.4 Å². The molecular weight excluding hydrogens is 491 g/mol. The Morgan fingerprint density at radius 1 is 1.25 bits per heavy atom. The number of aryl methyl sites for hydroxylation is 1. The molecule has 2 aromatic carbocycles. The van der Waals surface area contributed by atoms with Gasteiger partial charge in [-0.2, -0.15) is 0 Å². The molecule has 2 N–H and O–H groups in total. The first-order chi connectivity index (χ1) is 13.2. The summed E-state index contributed by atoms with van der Waals surface area (Å²) in [5, 5.41) is 12.6. The van der Waals surface area contributed by atoms with Crippen LogP contribution >= 0.6 is 34.8 Å². The van der Waals surface area contributed by atoms with Crippen LogP contribution in [0.25, 0.3) is 6.08 Å². The summed E-state index contributed by atoms with van der Waals surface area (Å²) in [6, 6.07) is 8.77. The lowest BCUT2D eigenvalue weighted by molar-refractivity contribution is -0.122. The minimum absolute atomic E-state index is 0.00265. The maximum absolute atomic E-state index is 13.1. The third-order valence-corrected chi connectivity index (χ3v) is 5.61. The number of methoxy groups -OCH3 is 1. The number of thiocarbonyl (C=S) groups is 1. The number of aromatic hydroxyl groups is 1. The van der Waals surface area contributed by atoms with Crippen LogP contribution in [0, 0.1) is 17.4 Å². The zero-order chi connectivity index (χ0) is 20.6. The quantitative estimate of drug-likeness (QED) is 0.288. The molecule has 2 aromatic rings. The summed E-state index contributed by atoms with van der Waals surface area (Å²) in [5.41, 5.74) is 3.02. The number of ether oxygens (including phenoxy) is 1. The summed E-state index contributed by atoms with van der Waals surface area (Å²) in [7, 11) is 1.43. The van der Waals surface area contributed by atoms with E-state index in [9.17, 15) is 14.7 Å². The van der Waals surface area contributed by atoms with Gasteiger partial charge < -0.3 is 9.84 Å². The van der Waals surface area contributed by atoms with Crippen molar-refractivity contribution in [2.45, 2.75) is 13.8 Å². The molecule has 6 nitrogen and oxygen atoms in total. The number of phenols is 1. The SMILES string of the molecule is COc1cc(/C=C2\C(=O)NC(=S)N(c3cccc(C)c3C)C2=O)cc(I)c1O. The van der Waals surface area contributed by atoms with Crippen molar-refractivity contribution in [2.75, 3.05) is 12.0 Å². The standard InChI is InChI=1S/C20H17IN2O4S/c1-10-5-4-6-15(11(10)2)23-19(26)13(18(25)22-20(23)28)7-12-8-14(21)17(24)16(9-12)27-3/h4-9,24H,1-3H3,(H,22,25,28)/b13-7+. The number of rotatable bonds is 3. The average Bonchev–Trinajstić information content (AvgIpc) is 2.64. The van der Waals surface area contributed by atoms with Gasteiger partial charge in [0.15, 0.2) is 16.6 Å². The highest BCUT2D eigenvalue weighted by Crippen LogP contribution is 2.34. The zero-order valence-electron chi connectivity index (χ0n) is 15.4. The lowest BCUT2D eigenvalue weighted by Crippen LogP contribution is -2.54. The summed E-state index contributed by atoms with van der Waals surface area (Å²) in [4.78, 5) is 26.9. The van der Waals surface area contributed by atoms with E-state index in [2.05, 4.69) is 5.32 Å². The number of anilines is 1. The summed E-state index contributed by atoms with van der Waals surface area (Å²) in [5.74, 6) is -0.824. The topological polar surface area (TPSA) is 78.9 Å². The van der Waals surface area contributed by atoms with E-state index in [1.807, 2.05) is 48.6 Å². The number of nitrogens with one attached hydrogen (secondary N) is 1. The number of nitrogens with zero attached hydrogens (tertiary/aromatic N) is 1. The maximum Gasteiger partial charge on any atom is 0.270 e. The second-order valence-corrected chi connectivity index (χ2v) is 7.78. The summed E-state index contributed by atoms with van der Waals surface area (Å²) >= 11 is 7.21. The molecule has 28 heavy (non-hydrogen) atoms. The van der Waals surface area contributed by atoms with Gasteiger partial charge in [0, 0.05) is 0 Å². The van der Waals surface area contributed by atoms with Crippen molar-refractivity contribution in [1.29, 1.82) is 0 Å². The second kappa shape index (κ2) is 7.88. The molecule has 0 atom stereocenters. The van der Waals surface area contributed by atoms with Gasteiger partial charge in [-0.05, 0) is 89.6 Å². The number of halogens is 1. The van der Waals surface area contributed by atoms with Crippen LogP contribution in [0.15, 0.2) is 35.9 Å². The van der Waals surface area contributed by atoms with E-state index < -0.39 is 11.8 Å². The Hall–Kier alpha value is -2.46. The molecular formula is C20H17IN2O4S. The van der Waals surface area contributed by atoms with Crippen LogP contribution in [0.2, 0.25) is 0 Å². The molecule has 1 aliphatic rings. The van der Waals surface area contributed by atoms with Crippen molar-refractivity contribution >= 4 is 63.5 Å². The van der Waals surface area contributed by atoms with Crippen molar-refractivity contribution < 1.29 is 19.4 Å². The van der Waals surface area contributed by atoms with E-state index in [1.165, 1.54) is 18.1 Å². The van der Waals surface area contributed by atoms with Crippen molar-refractivity contribution in [3.05, 3.63) is 56.2 Å². The largest absolute Gasteiger partial charge is 0.504 e. The molecule has 0 saturated carbocycles. The van der Waals surface area contributed by atoms with E-state index >= 15 is 0 Å². The second-order valence-electron chi connectivity index (χ2n) is 6.23. The Labute approximate surface area is 181 Å². The Kier molecular flexibility index (Phi) is 5.71. The molecule has 3 rings (SSSR count). The minimum atomic E-state index is -0.571. The van der Waals surface area contributed by atoms with Crippen LogP contribution in [0.3, 0.4) is 0 Å². The number of carbonyl (C=O) groups is 2. The molecule has 1 saturated heterocycles. The van der Waals surface area contributed by atoms with Crippen LogP contribution in [-0.2, 0) is 9.59 Å². The molecule has 0 aliphatic carbocycles. The van der Waals surface area contributed by atoms with Crippen molar-refractivity contribution in [1.82, 2.24) is 5.32 Å². The van der Waals surface area contributed by atoms with E-state index in [-0.39, 0.29) is 22.2 Å². The highest BCUT2D eigenvalue weighted by atomic mass is 127. The Balaban J connectivity index is 2.09. The third kappa shape index (κ3) is 3.61. The van der Waals surface area contributed by atoms with Crippen LogP contribution in [0.1, 0.15) is 16.7 Å². The van der Waals surface area contributed by atoms with Gasteiger partial charge in [0.2, 0.25) is 0 Å². The summed E-state index contributed by atoms with van der Waals surface area (Å²) in [6.45, 7) is 3.84. The summed E-state index contributed by atoms with van der Waals surface area (Å²) < 4.78 is 5.68. The van der Waals surface area contributed by atoms with Gasteiger partial charge in [-0.25, -0.2) is 0 Å². The molecule has 2 amide bonds. The number of hydrogen-bond acceptors (Lipinski definition) is 5. The fraction of sp³-hybridized carbons (Fsp3) is 0.150. The van der Waals surface area contributed by atoms with Crippen LogP contribution in [0.5, 0.6) is 11.5 Å². The first kappa shape index (κ1) is 20.3.